The molecule has 2 aliphatic rings. The van der Waals surface area contributed by atoms with Gasteiger partial charge in [0.05, 0.1) is 6.10 Å². The van der Waals surface area contributed by atoms with Crippen LogP contribution in [0.25, 0.3) is 0 Å². The van der Waals surface area contributed by atoms with Crippen LogP contribution in [-0.4, -0.2) is 37.4 Å². The molecule has 0 saturated carbocycles. The Morgan fingerprint density at radius 3 is 2.33 bits per heavy atom. The zero-order chi connectivity index (χ0) is 8.39. The smallest absolute Gasteiger partial charge is 0.0632 e. The maximum Gasteiger partial charge on any atom is 0.0632 e. The highest BCUT2D eigenvalue weighted by molar-refractivity contribution is 4.87. The van der Waals surface area contributed by atoms with Crippen molar-refractivity contribution in [2.45, 2.75) is 18.9 Å². The molecule has 2 fully saturated rings. The topological polar surface area (TPSA) is 44.3 Å². The van der Waals surface area contributed by atoms with Crippen molar-refractivity contribution in [3.05, 3.63) is 0 Å². The van der Waals surface area contributed by atoms with E-state index in [-0.39, 0.29) is 6.10 Å². The van der Waals surface area contributed by atoms with E-state index in [1.165, 1.54) is 12.8 Å². The molecule has 2 unspecified atom stereocenters. The van der Waals surface area contributed by atoms with Crippen molar-refractivity contribution in [3.8, 4) is 0 Å². The normalized spacial score (nSPS) is 34.2. The van der Waals surface area contributed by atoms with Crippen LogP contribution in [0.15, 0.2) is 0 Å². The van der Waals surface area contributed by atoms with Gasteiger partial charge in [-0.25, -0.2) is 0 Å². The predicted octanol–water partition coefficient (Wildman–Crippen LogP) is -0.434. The maximum atomic E-state index is 9.91. The molecular weight excluding hydrogens is 152 g/mol. The van der Waals surface area contributed by atoms with E-state index in [1.54, 1.807) is 0 Å². The van der Waals surface area contributed by atoms with Crippen molar-refractivity contribution in [1.29, 1.82) is 0 Å². The fourth-order valence-corrected chi connectivity index (χ4v) is 2.11. The van der Waals surface area contributed by atoms with Crippen LogP contribution < -0.4 is 10.6 Å². The number of nitrogens with one attached hydrogen (secondary N) is 2. The van der Waals surface area contributed by atoms with Gasteiger partial charge in [0.1, 0.15) is 0 Å². The van der Waals surface area contributed by atoms with Gasteiger partial charge in [-0.05, 0) is 25.3 Å². The summed E-state index contributed by atoms with van der Waals surface area (Å²) in [5.74, 6) is 1.03. The summed E-state index contributed by atoms with van der Waals surface area (Å²) in [6.45, 7) is 4.17. The summed E-state index contributed by atoms with van der Waals surface area (Å²) in [5.41, 5.74) is 0. The molecule has 0 amide bonds. The van der Waals surface area contributed by atoms with Crippen LogP contribution in [-0.2, 0) is 0 Å². The zero-order valence-electron chi connectivity index (χ0n) is 7.42. The van der Waals surface area contributed by atoms with Crippen LogP contribution in [0.2, 0.25) is 0 Å². The number of rotatable bonds is 2. The van der Waals surface area contributed by atoms with Gasteiger partial charge >= 0.3 is 0 Å². The molecule has 0 bridgehead atoms. The van der Waals surface area contributed by atoms with Crippen molar-refractivity contribution >= 4 is 0 Å². The third-order valence-electron chi connectivity index (χ3n) is 3.11. The van der Waals surface area contributed by atoms with Crippen LogP contribution >= 0.6 is 0 Å². The van der Waals surface area contributed by atoms with Gasteiger partial charge in [-0.2, -0.15) is 0 Å². The standard InChI is InChI=1S/C9H18N2O/c12-9(8-5-11-6-8)7-2-1-3-10-4-7/h7-12H,1-6H2. The molecule has 3 N–H and O–H groups in total. The molecule has 0 aromatic heterocycles. The number of aliphatic hydroxyl groups is 1. The molecule has 0 radical (unpaired) electrons. The Labute approximate surface area is 73.5 Å². The molecule has 0 aromatic rings. The Hall–Kier alpha value is -0.120. The van der Waals surface area contributed by atoms with Crippen molar-refractivity contribution in [2.75, 3.05) is 26.2 Å². The Bertz CT molecular complexity index is 141. The molecule has 0 spiro atoms. The van der Waals surface area contributed by atoms with E-state index in [9.17, 15) is 5.11 Å². The lowest BCUT2D eigenvalue weighted by atomic mass is 9.83. The Kier molecular flexibility index (Phi) is 2.63. The monoisotopic (exact) mass is 170 g/mol. The van der Waals surface area contributed by atoms with E-state index in [0.29, 0.717) is 11.8 Å². The Balaban J connectivity index is 1.80. The van der Waals surface area contributed by atoms with Crippen molar-refractivity contribution in [2.24, 2.45) is 11.8 Å². The average Bonchev–Trinajstić information content (AvgIpc) is 2.03. The van der Waals surface area contributed by atoms with E-state index < -0.39 is 0 Å². The van der Waals surface area contributed by atoms with E-state index in [0.717, 1.165) is 26.2 Å². The predicted molar refractivity (Wildman–Crippen MR) is 48.0 cm³/mol. The minimum Gasteiger partial charge on any atom is -0.392 e. The SMILES string of the molecule is OC(C1CCCNC1)C1CNC1. The zero-order valence-corrected chi connectivity index (χ0v) is 7.42. The van der Waals surface area contributed by atoms with E-state index in [1.807, 2.05) is 0 Å². The lowest BCUT2D eigenvalue weighted by molar-refractivity contribution is 0.0178. The van der Waals surface area contributed by atoms with Crippen LogP contribution in [0.1, 0.15) is 12.8 Å². The van der Waals surface area contributed by atoms with E-state index in [4.69, 9.17) is 0 Å². The lowest BCUT2D eigenvalue weighted by Gasteiger charge is -2.37. The van der Waals surface area contributed by atoms with Gasteiger partial charge in [0.15, 0.2) is 0 Å². The van der Waals surface area contributed by atoms with Gasteiger partial charge in [0, 0.05) is 25.6 Å². The van der Waals surface area contributed by atoms with Crippen LogP contribution in [0.3, 0.4) is 0 Å². The van der Waals surface area contributed by atoms with Gasteiger partial charge in [-0.3, -0.25) is 0 Å². The second kappa shape index (κ2) is 3.73. The summed E-state index contributed by atoms with van der Waals surface area (Å²) in [6.07, 6.45) is 2.35. The molecule has 12 heavy (non-hydrogen) atoms. The fourth-order valence-electron chi connectivity index (χ4n) is 2.11. The van der Waals surface area contributed by atoms with Gasteiger partial charge in [0.2, 0.25) is 0 Å². The van der Waals surface area contributed by atoms with Crippen molar-refractivity contribution in [3.63, 3.8) is 0 Å². The molecular formula is C9H18N2O. The minimum absolute atomic E-state index is 0.0703. The summed E-state index contributed by atoms with van der Waals surface area (Å²) in [5, 5.41) is 16.5. The van der Waals surface area contributed by atoms with Gasteiger partial charge in [-0.1, -0.05) is 0 Å². The Morgan fingerprint density at radius 1 is 1.08 bits per heavy atom. The minimum atomic E-state index is -0.0703. The van der Waals surface area contributed by atoms with Crippen molar-refractivity contribution in [1.82, 2.24) is 10.6 Å². The Morgan fingerprint density at radius 2 is 1.83 bits per heavy atom. The molecule has 2 atom stereocenters. The van der Waals surface area contributed by atoms with Crippen molar-refractivity contribution < 1.29 is 5.11 Å². The second-order valence-electron chi connectivity index (χ2n) is 4.02. The first-order valence-electron chi connectivity index (χ1n) is 4.97. The summed E-state index contributed by atoms with van der Waals surface area (Å²) >= 11 is 0. The quantitative estimate of drug-likeness (QED) is 0.527. The van der Waals surface area contributed by atoms with E-state index in [2.05, 4.69) is 10.6 Å². The summed E-state index contributed by atoms with van der Waals surface area (Å²) < 4.78 is 0. The first kappa shape index (κ1) is 8.48. The fraction of sp³-hybridized carbons (Fsp3) is 1.00. The first-order valence-corrected chi connectivity index (χ1v) is 4.97. The number of aliphatic hydroxyl groups excluding tert-OH is 1. The van der Waals surface area contributed by atoms with Crippen LogP contribution in [0, 0.1) is 11.8 Å². The van der Waals surface area contributed by atoms with Gasteiger partial charge < -0.3 is 15.7 Å². The summed E-state index contributed by atoms with van der Waals surface area (Å²) in [6, 6.07) is 0. The first-order chi connectivity index (χ1) is 5.88. The number of hydrogen-bond acceptors (Lipinski definition) is 3. The highest BCUT2D eigenvalue weighted by Crippen LogP contribution is 2.22. The number of piperidine rings is 1. The third kappa shape index (κ3) is 1.63. The third-order valence-corrected chi connectivity index (χ3v) is 3.11. The maximum absolute atomic E-state index is 9.91. The molecule has 3 nitrogen and oxygen atoms in total. The largest absolute Gasteiger partial charge is 0.392 e. The van der Waals surface area contributed by atoms with Gasteiger partial charge in [-0.15, -0.1) is 0 Å². The highest BCUT2D eigenvalue weighted by Gasteiger charge is 2.31. The van der Waals surface area contributed by atoms with E-state index >= 15 is 0 Å². The lowest BCUT2D eigenvalue weighted by Crippen LogP contribution is -2.52. The molecule has 70 valence electrons. The molecule has 2 saturated heterocycles. The molecule has 2 aliphatic heterocycles. The molecule has 2 heterocycles. The summed E-state index contributed by atoms with van der Waals surface area (Å²) in [7, 11) is 0. The average molecular weight is 170 g/mol. The molecule has 0 aromatic carbocycles. The molecule has 2 rings (SSSR count). The van der Waals surface area contributed by atoms with Crippen LogP contribution in [0.5, 0.6) is 0 Å². The molecule has 3 heteroatoms. The van der Waals surface area contributed by atoms with Gasteiger partial charge in [0.25, 0.3) is 0 Å². The molecule has 0 aliphatic carbocycles. The highest BCUT2D eigenvalue weighted by atomic mass is 16.3. The second-order valence-corrected chi connectivity index (χ2v) is 4.02. The number of hydrogen-bond donors (Lipinski definition) is 3. The summed E-state index contributed by atoms with van der Waals surface area (Å²) in [4.78, 5) is 0. The van der Waals surface area contributed by atoms with Crippen LogP contribution in [0.4, 0.5) is 0 Å².